The molecule has 1 fully saturated rings. The fourth-order valence-electron chi connectivity index (χ4n) is 2.90. The Labute approximate surface area is 163 Å². The molecule has 2 aromatic carbocycles. The summed E-state index contributed by atoms with van der Waals surface area (Å²) in [5.74, 6) is -0.169. The van der Waals surface area contributed by atoms with E-state index in [9.17, 15) is 9.59 Å². The van der Waals surface area contributed by atoms with Crippen LogP contribution >= 0.6 is 11.8 Å². The number of hydrogen-bond acceptors (Lipinski definition) is 4. The third-order valence-corrected chi connectivity index (χ3v) is 5.52. The minimum atomic E-state index is -0.413. The van der Waals surface area contributed by atoms with Crippen molar-refractivity contribution in [3.8, 4) is 0 Å². The lowest BCUT2D eigenvalue weighted by Crippen LogP contribution is -2.35. The van der Waals surface area contributed by atoms with Crippen LogP contribution in [0.2, 0.25) is 0 Å². The van der Waals surface area contributed by atoms with Crippen molar-refractivity contribution >= 4 is 34.4 Å². The van der Waals surface area contributed by atoms with E-state index < -0.39 is 5.25 Å². The molecular formula is C21H23N3O2S. The van der Waals surface area contributed by atoms with Crippen LogP contribution in [0.5, 0.6) is 0 Å². The van der Waals surface area contributed by atoms with Crippen molar-refractivity contribution < 1.29 is 9.59 Å². The van der Waals surface area contributed by atoms with Crippen molar-refractivity contribution in [2.45, 2.75) is 24.5 Å². The van der Waals surface area contributed by atoms with Crippen molar-refractivity contribution in [3.05, 3.63) is 66.2 Å². The third-order valence-electron chi connectivity index (χ3n) is 4.34. The van der Waals surface area contributed by atoms with Crippen LogP contribution in [0.4, 0.5) is 5.69 Å². The van der Waals surface area contributed by atoms with Gasteiger partial charge in [-0.05, 0) is 30.5 Å². The van der Waals surface area contributed by atoms with Crippen molar-refractivity contribution in [2.24, 2.45) is 4.99 Å². The smallest absolute Gasteiger partial charge is 0.242 e. The Hall–Kier alpha value is -2.60. The minimum absolute atomic E-state index is 0.0358. The summed E-state index contributed by atoms with van der Waals surface area (Å²) in [4.78, 5) is 31.0. The molecule has 140 valence electrons. The van der Waals surface area contributed by atoms with Gasteiger partial charge in [-0.2, -0.15) is 0 Å². The van der Waals surface area contributed by atoms with Gasteiger partial charge in [0.05, 0.1) is 5.69 Å². The van der Waals surface area contributed by atoms with Crippen LogP contribution in [0.3, 0.4) is 0 Å². The van der Waals surface area contributed by atoms with Crippen molar-refractivity contribution in [1.29, 1.82) is 0 Å². The van der Waals surface area contributed by atoms with E-state index in [0.717, 1.165) is 18.5 Å². The Morgan fingerprint density at radius 2 is 1.78 bits per heavy atom. The van der Waals surface area contributed by atoms with Crippen molar-refractivity contribution in [2.75, 3.05) is 13.6 Å². The molecule has 1 N–H and O–H groups in total. The number of nitrogens with zero attached hydrogens (tertiary/aromatic N) is 2. The topological polar surface area (TPSA) is 61.8 Å². The molecular weight excluding hydrogens is 358 g/mol. The minimum Gasteiger partial charge on any atom is -0.359 e. The molecule has 27 heavy (non-hydrogen) atoms. The first-order valence-corrected chi connectivity index (χ1v) is 9.91. The zero-order valence-corrected chi connectivity index (χ0v) is 16.1. The van der Waals surface area contributed by atoms with Gasteiger partial charge >= 0.3 is 0 Å². The number of amidine groups is 1. The molecule has 6 heteroatoms. The van der Waals surface area contributed by atoms with Crippen molar-refractivity contribution in [3.63, 3.8) is 0 Å². The highest BCUT2D eigenvalue weighted by atomic mass is 32.2. The first kappa shape index (κ1) is 19.2. The van der Waals surface area contributed by atoms with Gasteiger partial charge in [0.2, 0.25) is 11.8 Å². The number of benzene rings is 2. The number of thioether (sulfide) groups is 1. The first-order chi connectivity index (χ1) is 13.2. The molecule has 2 amide bonds. The van der Waals surface area contributed by atoms with E-state index in [1.54, 1.807) is 11.9 Å². The Bertz CT molecular complexity index is 809. The molecule has 1 saturated heterocycles. The van der Waals surface area contributed by atoms with Crippen LogP contribution in [0.25, 0.3) is 0 Å². The van der Waals surface area contributed by atoms with E-state index in [1.165, 1.54) is 17.3 Å². The fraction of sp³-hybridized carbons (Fsp3) is 0.286. The molecule has 5 nitrogen and oxygen atoms in total. The third kappa shape index (κ3) is 5.20. The lowest BCUT2D eigenvalue weighted by Gasteiger charge is -2.16. The average molecular weight is 382 g/mol. The van der Waals surface area contributed by atoms with Crippen LogP contribution < -0.4 is 5.32 Å². The Morgan fingerprint density at radius 3 is 2.44 bits per heavy atom. The molecule has 1 aliphatic heterocycles. The lowest BCUT2D eigenvalue weighted by atomic mass is 10.1. The van der Waals surface area contributed by atoms with Gasteiger partial charge < -0.3 is 5.32 Å². The molecule has 3 rings (SSSR count). The maximum atomic E-state index is 12.8. The van der Waals surface area contributed by atoms with Gasteiger partial charge in [-0.25, -0.2) is 4.99 Å². The molecule has 0 spiro atoms. The highest BCUT2D eigenvalue weighted by Crippen LogP contribution is 2.31. The number of para-hydroxylation sites is 1. The standard InChI is InChI=1S/C21H23N3O2S/c1-22-19(25)15-18-20(26)24(14-8-11-16-9-4-2-5-10-16)21(27-18)23-17-12-6-3-7-13-17/h2-7,9-10,12-13,18H,8,11,14-15H2,1H3,(H,22,25). The van der Waals surface area contributed by atoms with Crippen LogP contribution in [0, 0.1) is 0 Å². The Morgan fingerprint density at radius 1 is 1.11 bits per heavy atom. The van der Waals surface area contributed by atoms with E-state index in [2.05, 4.69) is 22.4 Å². The molecule has 1 atom stereocenters. The largest absolute Gasteiger partial charge is 0.359 e. The molecule has 1 heterocycles. The fourth-order valence-corrected chi connectivity index (χ4v) is 4.08. The summed E-state index contributed by atoms with van der Waals surface area (Å²) in [5, 5.41) is 2.85. The number of aryl methyl sites for hydroxylation is 1. The molecule has 1 unspecified atom stereocenters. The van der Waals surface area contributed by atoms with Gasteiger partial charge in [-0.3, -0.25) is 14.5 Å². The monoisotopic (exact) mass is 381 g/mol. The number of rotatable bonds is 7. The molecule has 0 bridgehead atoms. The maximum Gasteiger partial charge on any atom is 0.242 e. The second-order valence-corrected chi connectivity index (χ2v) is 7.46. The summed E-state index contributed by atoms with van der Waals surface area (Å²) in [5.41, 5.74) is 2.06. The van der Waals surface area contributed by atoms with Gasteiger partial charge in [0.15, 0.2) is 5.17 Å². The van der Waals surface area contributed by atoms with Crippen molar-refractivity contribution in [1.82, 2.24) is 10.2 Å². The molecule has 1 aliphatic rings. The lowest BCUT2D eigenvalue weighted by molar-refractivity contribution is -0.129. The predicted octanol–water partition coefficient (Wildman–Crippen LogP) is 3.39. The predicted molar refractivity (Wildman–Crippen MR) is 110 cm³/mol. The quantitative estimate of drug-likeness (QED) is 0.800. The molecule has 2 aromatic rings. The van der Waals surface area contributed by atoms with Crippen LogP contribution in [0.1, 0.15) is 18.4 Å². The molecule has 0 aromatic heterocycles. The van der Waals surface area contributed by atoms with Crippen LogP contribution in [-0.2, 0) is 16.0 Å². The zero-order chi connectivity index (χ0) is 19.1. The highest BCUT2D eigenvalue weighted by Gasteiger charge is 2.38. The Balaban J connectivity index is 1.72. The summed E-state index contributed by atoms with van der Waals surface area (Å²) >= 11 is 1.38. The van der Waals surface area contributed by atoms with E-state index in [1.807, 2.05) is 48.5 Å². The molecule has 0 saturated carbocycles. The molecule has 0 radical (unpaired) electrons. The van der Waals surface area contributed by atoms with E-state index >= 15 is 0 Å². The van der Waals surface area contributed by atoms with E-state index in [-0.39, 0.29) is 18.2 Å². The SMILES string of the molecule is CNC(=O)CC1SC(=Nc2ccccc2)N(CCCc2ccccc2)C1=O. The Kier molecular flexibility index (Phi) is 6.65. The number of aliphatic imine (C=N–C) groups is 1. The van der Waals surface area contributed by atoms with Gasteiger partial charge in [0.1, 0.15) is 5.25 Å². The number of carbonyl (C=O) groups excluding carboxylic acids is 2. The van der Waals surface area contributed by atoms with Gasteiger partial charge in [0, 0.05) is 20.0 Å². The summed E-state index contributed by atoms with van der Waals surface area (Å²) in [7, 11) is 1.59. The van der Waals surface area contributed by atoms with Gasteiger partial charge in [-0.1, -0.05) is 60.3 Å². The molecule has 0 aliphatic carbocycles. The zero-order valence-electron chi connectivity index (χ0n) is 15.3. The average Bonchev–Trinajstić information content (AvgIpc) is 2.98. The highest BCUT2D eigenvalue weighted by molar-refractivity contribution is 8.15. The second-order valence-electron chi connectivity index (χ2n) is 6.29. The summed E-state index contributed by atoms with van der Waals surface area (Å²) < 4.78 is 0. The van der Waals surface area contributed by atoms with E-state index in [0.29, 0.717) is 11.7 Å². The van der Waals surface area contributed by atoms with Gasteiger partial charge in [0.25, 0.3) is 0 Å². The van der Waals surface area contributed by atoms with Gasteiger partial charge in [-0.15, -0.1) is 0 Å². The number of amides is 2. The first-order valence-electron chi connectivity index (χ1n) is 9.03. The summed E-state index contributed by atoms with van der Waals surface area (Å²) in [6.07, 6.45) is 1.91. The number of hydrogen-bond donors (Lipinski definition) is 1. The maximum absolute atomic E-state index is 12.8. The normalized spacial score (nSPS) is 18.1. The summed E-state index contributed by atoms with van der Waals surface area (Å²) in [6, 6.07) is 19.8. The van der Waals surface area contributed by atoms with Crippen LogP contribution in [-0.4, -0.2) is 40.7 Å². The number of nitrogens with one attached hydrogen (secondary N) is 1. The second kappa shape index (κ2) is 9.37. The van der Waals surface area contributed by atoms with E-state index in [4.69, 9.17) is 0 Å². The summed E-state index contributed by atoms with van der Waals surface area (Å²) in [6.45, 7) is 0.594. The van der Waals surface area contributed by atoms with Crippen LogP contribution in [0.15, 0.2) is 65.7 Å². The number of carbonyl (C=O) groups is 2.